The molecule has 0 fully saturated rings. The molecule has 0 heterocycles. The third-order valence-electron chi connectivity index (χ3n) is 2.60. The van der Waals surface area contributed by atoms with Gasteiger partial charge in [-0.3, -0.25) is 0 Å². The number of nitrogens with one attached hydrogen (secondary N) is 1. The monoisotopic (exact) mass is 265 g/mol. The normalized spacial score (nSPS) is 11.4. The third-order valence-corrected chi connectivity index (χ3v) is 4.07. The van der Waals surface area contributed by atoms with Crippen LogP contribution in [0.25, 0.3) is 11.1 Å². The molecule has 0 aliphatic carbocycles. The highest BCUT2D eigenvalue weighted by molar-refractivity contribution is 7.89. The van der Waals surface area contributed by atoms with Crippen molar-refractivity contribution in [2.45, 2.75) is 4.90 Å². The fourth-order valence-corrected chi connectivity index (χ4v) is 2.63. The van der Waals surface area contributed by atoms with Crippen LogP contribution in [0, 0.1) is 5.82 Å². The highest BCUT2D eigenvalue weighted by atomic mass is 32.2. The van der Waals surface area contributed by atoms with Crippen LogP contribution in [0.15, 0.2) is 53.4 Å². The molecule has 0 aliphatic heterocycles. The molecular weight excluding hydrogens is 253 g/mol. The molecule has 0 saturated carbocycles. The van der Waals surface area contributed by atoms with Gasteiger partial charge in [0, 0.05) is 5.56 Å². The fraction of sp³-hybridized carbons (Fsp3) is 0.0769. The minimum Gasteiger partial charge on any atom is -0.214 e. The van der Waals surface area contributed by atoms with Gasteiger partial charge in [0.2, 0.25) is 10.0 Å². The van der Waals surface area contributed by atoms with Gasteiger partial charge in [-0.2, -0.15) is 0 Å². The van der Waals surface area contributed by atoms with Crippen molar-refractivity contribution in [3.8, 4) is 11.1 Å². The SMILES string of the molecule is CNS(=O)(=O)c1ccccc1-c1ccc(F)cc1. The van der Waals surface area contributed by atoms with E-state index in [0.29, 0.717) is 11.1 Å². The molecule has 94 valence electrons. The molecular formula is C13H12FNO2S. The Morgan fingerprint density at radius 2 is 1.61 bits per heavy atom. The average molecular weight is 265 g/mol. The second-order valence-corrected chi connectivity index (χ2v) is 5.57. The van der Waals surface area contributed by atoms with Crippen molar-refractivity contribution in [1.29, 1.82) is 0 Å². The second kappa shape index (κ2) is 4.88. The Balaban J connectivity index is 2.62. The van der Waals surface area contributed by atoms with Gasteiger partial charge >= 0.3 is 0 Å². The molecule has 1 N–H and O–H groups in total. The lowest BCUT2D eigenvalue weighted by molar-refractivity contribution is 0.588. The Hall–Kier alpha value is -1.72. The molecule has 3 nitrogen and oxygen atoms in total. The van der Waals surface area contributed by atoms with E-state index in [-0.39, 0.29) is 10.7 Å². The summed E-state index contributed by atoms with van der Waals surface area (Å²) in [6, 6.07) is 12.3. The molecule has 0 bridgehead atoms. The van der Waals surface area contributed by atoms with Crippen LogP contribution in [0.3, 0.4) is 0 Å². The van der Waals surface area contributed by atoms with E-state index in [1.54, 1.807) is 30.3 Å². The molecule has 0 aromatic heterocycles. The smallest absolute Gasteiger partial charge is 0.214 e. The molecule has 0 radical (unpaired) electrons. The number of rotatable bonds is 3. The van der Waals surface area contributed by atoms with Crippen molar-refractivity contribution in [2.24, 2.45) is 0 Å². The predicted octanol–water partition coefficient (Wildman–Crippen LogP) is 2.40. The first kappa shape index (κ1) is 12.7. The lowest BCUT2D eigenvalue weighted by Crippen LogP contribution is -2.19. The van der Waals surface area contributed by atoms with Crippen molar-refractivity contribution in [3.05, 3.63) is 54.3 Å². The second-order valence-electron chi connectivity index (χ2n) is 3.71. The zero-order chi connectivity index (χ0) is 13.2. The zero-order valence-electron chi connectivity index (χ0n) is 9.72. The summed E-state index contributed by atoms with van der Waals surface area (Å²) in [5, 5.41) is 0. The van der Waals surface area contributed by atoms with E-state index in [0.717, 1.165) is 0 Å². The van der Waals surface area contributed by atoms with Gasteiger partial charge in [-0.15, -0.1) is 0 Å². The van der Waals surface area contributed by atoms with Crippen molar-refractivity contribution >= 4 is 10.0 Å². The van der Waals surface area contributed by atoms with Crippen molar-refractivity contribution < 1.29 is 12.8 Å². The molecule has 18 heavy (non-hydrogen) atoms. The minimum absolute atomic E-state index is 0.180. The van der Waals surface area contributed by atoms with Crippen LogP contribution in [0.1, 0.15) is 0 Å². The van der Waals surface area contributed by atoms with Gasteiger partial charge in [0.05, 0.1) is 4.90 Å². The van der Waals surface area contributed by atoms with Crippen LogP contribution < -0.4 is 4.72 Å². The largest absolute Gasteiger partial charge is 0.240 e. The Labute approximate surface area is 105 Å². The quantitative estimate of drug-likeness (QED) is 0.926. The van der Waals surface area contributed by atoms with E-state index < -0.39 is 10.0 Å². The fourth-order valence-electron chi connectivity index (χ4n) is 1.68. The van der Waals surface area contributed by atoms with Gasteiger partial charge < -0.3 is 0 Å². The Morgan fingerprint density at radius 1 is 1.00 bits per heavy atom. The molecule has 0 atom stereocenters. The Kier molecular flexibility index (Phi) is 3.45. The summed E-state index contributed by atoms with van der Waals surface area (Å²) in [5.41, 5.74) is 1.21. The lowest BCUT2D eigenvalue weighted by Gasteiger charge is -2.09. The van der Waals surface area contributed by atoms with Crippen LogP contribution in [0.5, 0.6) is 0 Å². The molecule has 2 aromatic carbocycles. The van der Waals surface area contributed by atoms with Gasteiger partial charge in [-0.05, 0) is 30.8 Å². The van der Waals surface area contributed by atoms with Gasteiger partial charge in [-0.1, -0.05) is 30.3 Å². The van der Waals surface area contributed by atoms with E-state index in [4.69, 9.17) is 0 Å². The van der Waals surface area contributed by atoms with Gasteiger partial charge in [-0.25, -0.2) is 17.5 Å². The molecule has 0 amide bonds. The lowest BCUT2D eigenvalue weighted by atomic mass is 10.1. The average Bonchev–Trinajstić information content (AvgIpc) is 2.40. The molecule has 0 saturated heterocycles. The molecule has 0 aliphatic rings. The van der Waals surface area contributed by atoms with Crippen LogP contribution in [0.2, 0.25) is 0 Å². The number of hydrogen-bond acceptors (Lipinski definition) is 2. The molecule has 2 aromatic rings. The van der Waals surface area contributed by atoms with E-state index in [1.807, 2.05) is 0 Å². The maximum Gasteiger partial charge on any atom is 0.240 e. The van der Waals surface area contributed by atoms with Crippen LogP contribution in [-0.2, 0) is 10.0 Å². The summed E-state index contributed by atoms with van der Waals surface area (Å²) < 4.78 is 38.9. The number of hydrogen-bond donors (Lipinski definition) is 1. The van der Waals surface area contributed by atoms with Crippen LogP contribution >= 0.6 is 0 Å². The highest BCUT2D eigenvalue weighted by Crippen LogP contribution is 2.26. The van der Waals surface area contributed by atoms with E-state index >= 15 is 0 Å². The summed E-state index contributed by atoms with van der Waals surface area (Å²) >= 11 is 0. The topological polar surface area (TPSA) is 46.2 Å². The standard InChI is InChI=1S/C13H12FNO2S/c1-15-18(16,17)13-5-3-2-4-12(13)10-6-8-11(14)9-7-10/h2-9,15H,1H3. The summed E-state index contributed by atoms with van der Waals surface area (Å²) in [6.07, 6.45) is 0. The summed E-state index contributed by atoms with van der Waals surface area (Å²) in [4.78, 5) is 0.180. The van der Waals surface area contributed by atoms with Gasteiger partial charge in [0.25, 0.3) is 0 Å². The molecule has 2 rings (SSSR count). The highest BCUT2D eigenvalue weighted by Gasteiger charge is 2.16. The first-order valence-electron chi connectivity index (χ1n) is 5.33. The Bertz CT molecular complexity index is 651. The number of halogens is 1. The van der Waals surface area contributed by atoms with Gasteiger partial charge in [0.15, 0.2) is 0 Å². The third kappa shape index (κ3) is 2.42. The summed E-state index contributed by atoms with van der Waals surface area (Å²) in [6.45, 7) is 0. The minimum atomic E-state index is -3.53. The maximum absolute atomic E-state index is 12.9. The van der Waals surface area contributed by atoms with Crippen molar-refractivity contribution in [2.75, 3.05) is 7.05 Å². The van der Waals surface area contributed by atoms with Crippen LogP contribution in [0.4, 0.5) is 4.39 Å². The molecule has 0 spiro atoms. The van der Waals surface area contributed by atoms with E-state index in [9.17, 15) is 12.8 Å². The summed E-state index contributed by atoms with van der Waals surface area (Å²) in [7, 11) is -2.17. The Morgan fingerprint density at radius 3 is 2.22 bits per heavy atom. The maximum atomic E-state index is 12.9. The van der Waals surface area contributed by atoms with Gasteiger partial charge in [0.1, 0.15) is 5.82 Å². The van der Waals surface area contributed by atoms with E-state index in [1.165, 1.54) is 25.2 Å². The first-order chi connectivity index (χ1) is 8.54. The predicted molar refractivity (Wildman–Crippen MR) is 68.1 cm³/mol. The van der Waals surface area contributed by atoms with Crippen molar-refractivity contribution in [1.82, 2.24) is 4.72 Å². The van der Waals surface area contributed by atoms with E-state index in [2.05, 4.69) is 4.72 Å². The summed E-state index contributed by atoms with van der Waals surface area (Å²) in [5.74, 6) is -0.354. The molecule has 0 unspecified atom stereocenters. The zero-order valence-corrected chi connectivity index (χ0v) is 10.5. The number of benzene rings is 2. The van der Waals surface area contributed by atoms with Crippen LogP contribution in [-0.4, -0.2) is 15.5 Å². The van der Waals surface area contributed by atoms with Crippen molar-refractivity contribution in [3.63, 3.8) is 0 Å². The molecule has 5 heteroatoms. The number of sulfonamides is 1. The first-order valence-corrected chi connectivity index (χ1v) is 6.81.